The van der Waals surface area contributed by atoms with Crippen molar-refractivity contribution < 1.29 is 10.2 Å². The molecule has 3 nitrogen and oxygen atoms in total. The van der Waals surface area contributed by atoms with Gasteiger partial charge in [0.25, 0.3) is 0 Å². The van der Waals surface area contributed by atoms with Crippen molar-refractivity contribution in [3.05, 3.63) is 53.6 Å². The summed E-state index contributed by atoms with van der Waals surface area (Å²) in [4.78, 5) is 0. The zero-order chi connectivity index (χ0) is 13.0. The van der Waals surface area contributed by atoms with E-state index in [0.717, 1.165) is 17.7 Å². The lowest BCUT2D eigenvalue weighted by molar-refractivity contribution is 0.446. The normalized spacial score (nSPS) is 10.3. The Morgan fingerprint density at radius 1 is 1.06 bits per heavy atom. The zero-order valence-corrected chi connectivity index (χ0v) is 10.4. The van der Waals surface area contributed by atoms with Crippen LogP contribution in [0.5, 0.6) is 11.5 Å². The first-order valence-electron chi connectivity index (χ1n) is 6.02. The standard InChI is InChI=1S/C15H17NO2/c1-2-11-4-3-5-13(8-11)16-10-12-6-7-14(17)9-15(12)18/h3-9,16-18H,2,10H2,1H3. The Morgan fingerprint density at radius 2 is 1.89 bits per heavy atom. The summed E-state index contributed by atoms with van der Waals surface area (Å²) in [7, 11) is 0. The summed E-state index contributed by atoms with van der Waals surface area (Å²) in [5.74, 6) is 0.179. The largest absolute Gasteiger partial charge is 0.508 e. The van der Waals surface area contributed by atoms with E-state index < -0.39 is 0 Å². The Hall–Kier alpha value is -2.16. The Balaban J connectivity index is 2.06. The predicted molar refractivity (Wildman–Crippen MR) is 72.9 cm³/mol. The van der Waals surface area contributed by atoms with Gasteiger partial charge in [0.1, 0.15) is 11.5 Å². The molecule has 0 radical (unpaired) electrons. The molecule has 2 aromatic carbocycles. The average Bonchev–Trinajstić information content (AvgIpc) is 2.38. The molecule has 0 fully saturated rings. The van der Waals surface area contributed by atoms with Crippen LogP contribution >= 0.6 is 0 Å². The molecule has 0 saturated heterocycles. The monoisotopic (exact) mass is 243 g/mol. The lowest BCUT2D eigenvalue weighted by Crippen LogP contribution is -2.00. The van der Waals surface area contributed by atoms with E-state index in [1.165, 1.54) is 11.6 Å². The van der Waals surface area contributed by atoms with Gasteiger partial charge < -0.3 is 15.5 Å². The maximum absolute atomic E-state index is 9.67. The second-order valence-electron chi connectivity index (χ2n) is 4.22. The smallest absolute Gasteiger partial charge is 0.124 e. The van der Waals surface area contributed by atoms with Crippen LogP contribution < -0.4 is 5.32 Å². The lowest BCUT2D eigenvalue weighted by atomic mass is 10.1. The number of rotatable bonds is 4. The SMILES string of the molecule is CCc1cccc(NCc2ccc(O)cc2O)c1. The number of hydrogen-bond donors (Lipinski definition) is 3. The summed E-state index contributed by atoms with van der Waals surface area (Å²) in [5.41, 5.74) is 3.06. The number of benzene rings is 2. The highest BCUT2D eigenvalue weighted by atomic mass is 16.3. The van der Waals surface area contributed by atoms with E-state index in [-0.39, 0.29) is 11.5 Å². The fraction of sp³-hybridized carbons (Fsp3) is 0.200. The number of hydrogen-bond acceptors (Lipinski definition) is 3. The molecule has 0 amide bonds. The molecular formula is C15H17NO2. The lowest BCUT2D eigenvalue weighted by Gasteiger charge is -2.09. The third-order valence-electron chi connectivity index (χ3n) is 2.89. The number of aryl methyl sites for hydroxylation is 1. The molecule has 94 valence electrons. The molecule has 3 heteroatoms. The van der Waals surface area contributed by atoms with Crippen molar-refractivity contribution in [1.29, 1.82) is 0 Å². The summed E-state index contributed by atoms with van der Waals surface area (Å²) >= 11 is 0. The predicted octanol–water partition coefficient (Wildman–Crippen LogP) is 3.27. The van der Waals surface area contributed by atoms with E-state index >= 15 is 0 Å². The van der Waals surface area contributed by atoms with Crippen LogP contribution in [-0.2, 0) is 13.0 Å². The minimum atomic E-state index is 0.0734. The first kappa shape index (κ1) is 12.3. The van der Waals surface area contributed by atoms with Gasteiger partial charge in [0.2, 0.25) is 0 Å². The highest BCUT2D eigenvalue weighted by Crippen LogP contribution is 2.23. The van der Waals surface area contributed by atoms with Crippen LogP contribution in [0.3, 0.4) is 0 Å². The molecule has 0 unspecified atom stereocenters. The molecule has 0 aliphatic carbocycles. The molecule has 2 rings (SSSR count). The summed E-state index contributed by atoms with van der Waals surface area (Å²) in [6.07, 6.45) is 1.000. The minimum absolute atomic E-state index is 0.0734. The zero-order valence-electron chi connectivity index (χ0n) is 10.4. The van der Waals surface area contributed by atoms with Crippen LogP contribution in [0.25, 0.3) is 0 Å². The van der Waals surface area contributed by atoms with Crippen LogP contribution in [0.4, 0.5) is 5.69 Å². The molecule has 18 heavy (non-hydrogen) atoms. The van der Waals surface area contributed by atoms with Crippen molar-refractivity contribution >= 4 is 5.69 Å². The van der Waals surface area contributed by atoms with Gasteiger partial charge in [-0.2, -0.15) is 0 Å². The van der Waals surface area contributed by atoms with Gasteiger partial charge in [-0.25, -0.2) is 0 Å². The molecule has 0 aliphatic heterocycles. The van der Waals surface area contributed by atoms with Gasteiger partial charge >= 0.3 is 0 Å². The number of phenolic OH excluding ortho intramolecular Hbond substituents is 2. The van der Waals surface area contributed by atoms with Gasteiger partial charge in [-0.3, -0.25) is 0 Å². The summed E-state index contributed by atoms with van der Waals surface area (Å²) < 4.78 is 0. The van der Waals surface area contributed by atoms with Gasteiger partial charge in [0.15, 0.2) is 0 Å². The number of phenols is 2. The van der Waals surface area contributed by atoms with Crippen LogP contribution in [0.1, 0.15) is 18.1 Å². The Morgan fingerprint density at radius 3 is 2.61 bits per heavy atom. The fourth-order valence-electron chi connectivity index (χ4n) is 1.80. The third-order valence-corrected chi connectivity index (χ3v) is 2.89. The summed E-state index contributed by atoms with van der Waals surface area (Å²) in [6.45, 7) is 2.64. The van der Waals surface area contributed by atoms with Crippen molar-refractivity contribution in [3.8, 4) is 11.5 Å². The van der Waals surface area contributed by atoms with Gasteiger partial charge in [0, 0.05) is 23.9 Å². The summed E-state index contributed by atoms with van der Waals surface area (Å²) in [5, 5.41) is 22.1. The van der Waals surface area contributed by atoms with Crippen molar-refractivity contribution in [3.63, 3.8) is 0 Å². The number of anilines is 1. The topological polar surface area (TPSA) is 52.5 Å². The highest BCUT2D eigenvalue weighted by molar-refractivity contribution is 5.48. The molecule has 0 saturated carbocycles. The third kappa shape index (κ3) is 2.94. The van der Waals surface area contributed by atoms with Gasteiger partial charge in [0.05, 0.1) is 0 Å². The maximum atomic E-state index is 9.67. The molecule has 3 N–H and O–H groups in total. The molecule has 0 atom stereocenters. The van der Waals surface area contributed by atoms with Crippen LogP contribution in [0, 0.1) is 0 Å². The first-order chi connectivity index (χ1) is 8.69. The van der Waals surface area contributed by atoms with E-state index in [2.05, 4.69) is 24.4 Å². The molecule has 0 aromatic heterocycles. The van der Waals surface area contributed by atoms with Crippen molar-refractivity contribution in [2.24, 2.45) is 0 Å². The van der Waals surface area contributed by atoms with Crippen molar-refractivity contribution in [2.45, 2.75) is 19.9 Å². The highest BCUT2D eigenvalue weighted by Gasteiger charge is 2.02. The van der Waals surface area contributed by atoms with E-state index in [4.69, 9.17) is 0 Å². The quantitative estimate of drug-likeness (QED) is 0.772. The van der Waals surface area contributed by atoms with Crippen molar-refractivity contribution in [1.82, 2.24) is 0 Å². The average molecular weight is 243 g/mol. The summed E-state index contributed by atoms with van der Waals surface area (Å²) in [6, 6.07) is 12.8. The Bertz CT molecular complexity index is 538. The second kappa shape index (κ2) is 5.45. The van der Waals surface area contributed by atoms with Crippen LogP contribution in [0.15, 0.2) is 42.5 Å². The van der Waals surface area contributed by atoms with E-state index in [9.17, 15) is 10.2 Å². The van der Waals surface area contributed by atoms with E-state index in [1.54, 1.807) is 12.1 Å². The van der Waals surface area contributed by atoms with Crippen LogP contribution in [-0.4, -0.2) is 10.2 Å². The minimum Gasteiger partial charge on any atom is -0.508 e. The number of nitrogens with one attached hydrogen (secondary N) is 1. The van der Waals surface area contributed by atoms with Gasteiger partial charge in [-0.05, 0) is 36.2 Å². The van der Waals surface area contributed by atoms with E-state index in [1.807, 2.05) is 12.1 Å². The first-order valence-corrected chi connectivity index (χ1v) is 6.02. The Kier molecular flexibility index (Phi) is 3.72. The maximum Gasteiger partial charge on any atom is 0.124 e. The molecule has 0 bridgehead atoms. The Labute approximate surface area is 107 Å². The second-order valence-corrected chi connectivity index (χ2v) is 4.22. The molecular weight excluding hydrogens is 226 g/mol. The van der Waals surface area contributed by atoms with Crippen molar-refractivity contribution in [2.75, 3.05) is 5.32 Å². The molecule has 2 aromatic rings. The fourth-order valence-corrected chi connectivity index (χ4v) is 1.80. The molecule has 0 aliphatic rings. The van der Waals surface area contributed by atoms with Crippen LogP contribution in [0.2, 0.25) is 0 Å². The van der Waals surface area contributed by atoms with E-state index in [0.29, 0.717) is 6.54 Å². The van der Waals surface area contributed by atoms with Gasteiger partial charge in [-0.15, -0.1) is 0 Å². The number of aromatic hydroxyl groups is 2. The van der Waals surface area contributed by atoms with Gasteiger partial charge in [-0.1, -0.05) is 19.1 Å². The molecule has 0 spiro atoms. The molecule has 0 heterocycles.